The first-order valence-corrected chi connectivity index (χ1v) is 9.29. The van der Waals surface area contributed by atoms with Gasteiger partial charge in [-0.25, -0.2) is 4.79 Å². The van der Waals surface area contributed by atoms with Crippen LogP contribution in [0.25, 0.3) is 0 Å². The summed E-state index contributed by atoms with van der Waals surface area (Å²) in [5.41, 5.74) is 0.403. The molecule has 1 fully saturated rings. The number of nitrogens with zero attached hydrogens (tertiary/aromatic N) is 1. The summed E-state index contributed by atoms with van der Waals surface area (Å²) in [4.78, 5) is 38.0. The maximum atomic E-state index is 12.4. The molecule has 0 unspecified atom stereocenters. The molecule has 0 N–H and O–H groups in total. The SMILES string of the molecule is CC(=O)N1[C@H](C(=O)OCC(=O)c2ccc(Cl)cc2)CS[C@H]1c1ccco1. The molecule has 1 amide bonds. The van der Waals surface area contributed by atoms with E-state index >= 15 is 0 Å². The number of benzene rings is 1. The first-order chi connectivity index (χ1) is 12.5. The van der Waals surface area contributed by atoms with Crippen LogP contribution in [0, 0.1) is 0 Å². The number of furan rings is 1. The molecule has 0 saturated carbocycles. The maximum absolute atomic E-state index is 12.4. The molecule has 1 aliphatic heterocycles. The van der Waals surface area contributed by atoms with E-state index in [2.05, 4.69) is 0 Å². The Labute approximate surface area is 159 Å². The number of thioether (sulfide) groups is 1. The van der Waals surface area contributed by atoms with E-state index in [0.29, 0.717) is 22.1 Å². The lowest BCUT2D eigenvalue weighted by atomic mass is 10.1. The Morgan fingerprint density at radius 1 is 1.27 bits per heavy atom. The molecule has 1 aliphatic rings. The van der Waals surface area contributed by atoms with E-state index in [9.17, 15) is 14.4 Å². The molecule has 1 saturated heterocycles. The standard InChI is InChI=1S/C18H16ClNO5S/c1-11(21)20-14(10-26-17(20)16-3-2-8-24-16)18(23)25-9-15(22)12-4-6-13(19)7-5-12/h2-8,14,17H,9-10H2,1H3/t14-,17-/m0/s1. The summed E-state index contributed by atoms with van der Waals surface area (Å²) in [6.07, 6.45) is 1.52. The van der Waals surface area contributed by atoms with Crippen LogP contribution in [0.15, 0.2) is 47.1 Å². The van der Waals surface area contributed by atoms with Crippen molar-refractivity contribution in [1.29, 1.82) is 0 Å². The summed E-state index contributed by atoms with van der Waals surface area (Å²) in [5, 5.41) is 0.134. The number of esters is 1. The van der Waals surface area contributed by atoms with Gasteiger partial charge >= 0.3 is 5.97 Å². The minimum Gasteiger partial charge on any atom is -0.466 e. The number of ether oxygens (including phenoxy) is 1. The minimum atomic E-state index is -0.759. The van der Waals surface area contributed by atoms with Crippen LogP contribution in [0.5, 0.6) is 0 Å². The zero-order valence-corrected chi connectivity index (χ0v) is 15.5. The molecule has 1 aromatic carbocycles. The number of ketones is 1. The second-order valence-corrected chi connectivity index (χ2v) is 7.23. The fraction of sp³-hybridized carbons (Fsp3) is 0.278. The van der Waals surface area contributed by atoms with Crippen molar-refractivity contribution in [2.75, 3.05) is 12.4 Å². The molecule has 6 nitrogen and oxygen atoms in total. The van der Waals surface area contributed by atoms with Crippen LogP contribution in [-0.2, 0) is 14.3 Å². The number of carbonyl (C=O) groups excluding carboxylic acids is 3. The van der Waals surface area contributed by atoms with Gasteiger partial charge in [-0.15, -0.1) is 11.8 Å². The molecule has 0 bridgehead atoms. The zero-order chi connectivity index (χ0) is 18.7. The molecule has 0 aliphatic carbocycles. The molecule has 2 heterocycles. The van der Waals surface area contributed by atoms with Crippen LogP contribution in [0.3, 0.4) is 0 Å². The van der Waals surface area contributed by atoms with E-state index in [1.807, 2.05) is 0 Å². The number of halogens is 1. The molecule has 136 valence electrons. The summed E-state index contributed by atoms with van der Waals surface area (Å²) >= 11 is 7.20. The molecular weight excluding hydrogens is 378 g/mol. The molecule has 1 aromatic heterocycles. The Hall–Kier alpha value is -2.25. The van der Waals surface area contributed by atoms with E-state index in [-0.39, 0.29) is 17.1 Å². The van der Waals surface area contributed by atoms with Gasteiger partial charge in [-0.05, 0) is 36.4 Å². The second kappa shape index (κ2) is 7.97. The van der Waals surface area contributed by atoms with E-state index < -0.39 is 18.6 Å². The fourth-order valence-corrected chi connectivity index (χ4v) is 4.22. The molecule has 0 spiro atoms. The Balaban J connectivity index is 1.64. The molecule has 26 heavy (non-hydrogen) atoms. The van der Waals surface area contributed by atoms with Crippen molar-refractivity contribution in [3.8, 4) is 0 Å². The summed E-state index contributed by atoms with van der Waals surface area (Å²) in [6, 6.07) is 9.05. The number of hydrogen-bond acceptors (Lipinski definition) is 6. The first kappa shape index (κ1) is 18.5. The van der Waals surface area contributed by atoms with Gasteiger partial charge in [0.2, 0.25) is 5.91 Å². The lowest BCUT2D eigenvalue weighted by Gasteiger charge is -2.25. The third-order valence-electron chi connectivity index (χ3n) is 3.93. The van der Waals surface area contributed by atoms with E-state index in [0.717, 1.165) is 0 Å². The normalized spacial score (nSPS) is 19.4. The minimum absolute atomic E-state index is 0.262. The van der Waals surface area contributed by atoms with Gasteiger partial charge in [0.1, 0.15) is 17.2 Å². The third kappa shape index (κ3) is 3.94. The summed E-state index contributed by atoms with van der Waals surface area (Å²) in [6.45, 7) is 1.000. The van der Waals surface area contributed by atoms with Crippen LogP contribution < -0.4 is 0 Å². The van der Waals surface area contributed by atoms with Gasteiger partial charge in [0.05, 0.1) is 6.26 Å². The number of Topliss-reactive ketones (excluding diaryl/α,β-unsaturated/α-hetero) is 1. The predicted octanol–water partition coefficient (Wildman–Crippen LogP) is 3.32. The summed E-state index contributed by atoms with van der Waals surface area (Å²) in [5.74, 6) is -0.236. The van der Waals surface area contributed by atoms with Crippen LogP contribution in [0.1, 0.15) is 28.4 Å². The number of rotatable bonds is 5. The van der Waals surface area contributed by atoms with E-state index in [1.165, 1.54) is 29.8 Å². The van der Waals surface area contributed by atoms with Crippen LogP contribution >= 0.6 is 23.4 Å². The largest absolute Gasteiger partial charge is 0.466 e. The van der Waals surface area contributed by atoms with Gasteiger partial charge in [-0.2, -0.15) is 0 Å². The van der Waals surface area contributed by atoms with Gasteiger partial charge < -0.3 is 14.1 Å². The Morgan fingerprint density at radius 3 is 2.62 bits per heavy atom. The highest BCUT2D eigenvalue weighted by Crippen LogP contribution is 2.41. The molecule has 2 aromatic rings. The number of hydrogen-bond donors (Lipinski definition) is 0. The lowest BCUT2D eigenvalue weighted by molar-refractivity contribution is -0.152. The van der Waals surface area contributed by atoms with Crippen LogP contribution in [0.2, 0.25) is 5.02 Å². The van der Waals surface area contributed by atoms with Gasteiger partial charge in [-0.1, -0.05) is 11.6 Å². The Bertz CT molecular complexity index is 805. The van der Waals surface area contributed by atoms with Crippen molar-refractivity contribution in [2.45, 2.75) is 18.3 Å². The summed E-state index contributed by atoms with van der Waals surface area (Å²) < 4.78 is 10.5. The lowest BCUT2D eigenvalue weighted by Crippen LogP contribution is -2.43. The first-order valence-electron chi connectivity index (χ1n) is 7.86. The highest BCUT2D eigenvalue weighted by molar-refractivity contribution is 7.99. The van der Waals surface area contributed by atoms with Crippen LogP contribution in [-0.4, -0.2) is 41.0 Å². The van der Waals surface area contributed by atoms with Crippen LogP contribution in [0.4, 0.5) is 0 Å². The van der Waals surface area contributed by atoms with Crippen molar-refractivity contribution in [1.82, 2.24) is 4.90 Å². The Morgan fingerprint density at radius 2 is 2.00 bits per heavy atom. The van der Waals surface area contributed by atoms with Crippen molar-refractivity contribution >= 4 is 41.0 Å². The Kier molecular flexibility index (Phi) is 5.68. The second-order valence-electron chi connectivity index (χ2n) is 5.68. The van der Waals surface area contributed by atoms with Gasteiger partial charge in [0, 0.05) is 23.3 Å². The van der Waals surface area contributed by atoms with Crippen molar-refractivity contribution in [2.24, 2.45) is 0 Å². The predicted molar refractivity (Wildman–Crippen MR) is 97.0 cm³/mol. The monoisotopic (exact) mass is 393 g/mol. The van der Waals surface area contributed by atoms with Crippen molar-refractivity contribution < 1.29 is 23.5 Å². The molecule has 0 radical (unpaired) electrons. The quantitative estimate of drug-likeness (QED) is 0.573. The van der Waals surface area contributed by atoms with E-state index in [1.54, 1.807) is 36.4 Å². The number of carbonyl (C=O) groups is 3. The van der Waals surface area contributed by atoms with Crippen molar-refractivity contribution in [3.63, 3.8) is 0 Å². The number of amides is 1. The molecule has 3 rings (SSSR count). The molecule has 2 atom stereocenters. The topological polar surface area (TPSA) is 76.8 Å². The summed E-state index contributed by atoms with van der Waals surface area (Å²) in [7, 11) is 0. The molecular formula is C18H16ClNO5S. The average molecular weight is 394 g/mol. The van der Waals surface area contributed by atoms with Gasteiger partial charge in [0.25, 0.3) is 0 Å². The average Bonchev–Trinajstić information content (AvgIpc) is 3.28. The molecule has 8 heteroatoms. The highest BCUT2D eigenvalue weighted by atomic mass is 35.5. The van der Waals surface area contributed by atoms with Gasteiger partial charge in [0.15, 0.2) is 12.4 Å². The third-order valence-corrected chi connectivity index (χ3v) is 5.47. The highest BCUT2D eigenvalue weighted by Gasteiger charge is 2.43. The smallest absolute Gasteiger partial charge is 0.330 e. The van der Waals surface area contributed by atoms with Gasteiger partial charge in [-0.3, -0.25) is 9.59 Å². The fourth-order valence-electron chi connectivity index (χ4n) is 2.68. The maximum Gasteiger partial charge on any atom is 0.330 e. The van der Waals surface area contributed by atoms with E-state index in [4.69, 9.17) is 20.8 Å². The zero-order valence-electron chi connectivity index (χ0n) is 13.9. The van der Waals surface area contributed by atoms with Crippen molar-refractivity contribution in [3.05, 3.63) is 59.0 Å².